The SMILES string of the molecule is Cc1ccc(C(C)(C)C)cc1S(=O)(=O)N1CCN(C/C=C/c2ccccc2)CC1. The highest BCUT2D eigenvalue weighted by molar-refractivity contribution is 7.89. The molecule has 29 heavy (non-hydrogen) atoms. The fraction of sp³-hybridized carbons (Fsp3) is 0.417. The molecule has 2 aromatic carbocycles. The number of hydrogen-bond acceptors (Lipinski definition) is 3. The molecule has 1 heterocycles. The molecule has 0 aromatic heterocycles. The van der Waals surface area contributed by atoms with E-state index in [-0.39, 0.29) is 5.41 Å². The van der Waals surface area contributed by atoms with Gasteiger partial charge in [-0.3, -0.25) is 4.90 Å². The predicted octanol–water partition coefficient (Wildman–Crippen LogP) is 4.31. The van der Waals surface area contributed by atoms with Gasteiger partial charge in [-0.2, -0.15) is 4.31 Å². The Balaban J connectivity index is 1.65. The first-order chi connectivity index (χ1) is 13.7. The van der Waals surface area contributed by atoms with Crippen molar-refractivity contribution in [2.24, 2.45) is 0 Å². The Bertz CT molecular complexity index is 952. The number of hydrogen-bond donors (Lipinski definition) is 0. The first kappa shape index (κ1) is 21.8. The number of nitrogens with zero attached hydrogens (tertiary/aromatic N) is 2. The van der Waals surface area contributed by atoms with Crippen LogP contribution in [0, 0.1) is 6.92 Å². The molecule has 0 bridgehead atoms. The van der Waals surface area contributed by atoms with Gasteiger partial charge in [0.15, 0.2) is 0 Å². The van der Waals surface area contributed by atoms with Crippen LogP contribution in [-0.2, 0) is 15.4 Å². The third-order valence-corrected chi connectivity index (χ3v) is 7.52. The molecule has 1 aliphatic rings. The summed E-state index contributed by atoms with van der Waals surface area (Å²) in [5.41, 5.74) is 2.96. The van der Waals surface area contributed by atoms with Crippen molar-refractivity contribution in [3.63, 3.8) is 0 Å². The summed E-state index contributed by atoms with van der Waals surface area (Å²) in [5.74, 6) is 0. The van der Waals surface area contributed by atoms with Crippen LogP contribution in [0.15, 0.2) is 59.5 Å². The Morgan fingerprint density at radius 3 is 2.24 bits per heavy atom. The van der Waals surface area contributed by atoms with Crippen LogP contribution in [0.4, 0.5) is 0 Å². The van der Waals surface area contributed by atoms with Crippen LogP contribution < -0.4 is 0 Å². The van der Waals surface area contributed by atoms with Crippen molar-refractivity contribution in [3.8, 4) is 0 Å². The van der Waals surface area contributed by atoms with Gasteiger partial charge in [-0.25, -0.2) is 8.42 Å². The second kappa shape index (κ2) is 8.82. The first-order valence-electron chi connectivity index (χ1n) is 10.2. The van der Waals surface area contributed by atoms with Gasteiger partial charge in [0.1, 0.15) is 0 Å². The van der Waals surface area contributed by atoms with Crippen LogP contribution in [0.25, 0.3) is 6.08 Å². The van der Waals surface area contributed by atoms with Crippen molar-refractivity contribution in [1.82, 2.24) is 9.21 Å². The lowest BCUT2D eigenvalue weighted by molar-refractivity contribution is 0.204. The fourth-order valence-electron chi connectivity index (χ4n) is 3.54. The van der Waals surface area contributed by atoms with Crippen molar-refractivity contribution in [2.75, 3.05) is 32.7 Å². The molecule has 0 atom stereocenters. The van der Waals surface area contributed by atoms with Gasteiger partial charge in [0.05, 0.1) is 4.90 Å². The van der Waals surface area contributed by atoms with Gasteiger partial charge in [-0.1, -0.05) is 75.4 Å². The quantitative estimate of drug-likeness (QED) is 0.735. The molecule has 0 amide bonds. The molecule has 0 aliphatic carbocycles. The van der Waals surface area contributed by atoms with Crippen LogP contribution >= 0.6 is 0 Å². The summed E-state index contributed by atoms with van der Waals surface area (Å²) in [6.07, 6.45) is 4.26. The molecular formula is C24H32N2O2S. The molecular weight excluding hydrogens is 380 g/mol. The van der Waals surface area contributed by atoms with E-state index in [4.69, 9.17) is 0 Å². The second-order valence-corrected chi connectivity index (χ2v) is 10.7. The van der Waals surface area contributed by atoms with Crippen LogP contribution in [-0.4, -0.2) is 50.3 Å². The van der Waals surface area contributed by atoms with Gasteiger partial charge in [-0.15, -0.1) is 0 Å². The molecule has 0 saturated carbocycles. The van der Waals surface area contributed by atoms with E-state index in [0.717, 1.165) is 30.8 Å². The van der Waals surface area contributed by atoms with Crippen LogP contribution in [0.2, 0.25) is 0 Å². The van der Waals surface area contributed by atoms with Gasteiger partial charge in [-0.05, 0) is 35.1 Å². The zero-order valence-corrected chi connectivity index (χ0v) is 18.7. The minimum Gasteiger partial charge on any atom is -0.297 e. The lowest BCUT2D eigenvalue weighted by Crippen LogP contribution is -2.48. The van der Waals surface area contributed by atoms with E-state index in [1.165, 1.54) is 5.56 Å². The molecule has 0 unspecified atom stereocenters. The van der Waals surface area contributed by atoms with Gasteiger partial charge in [0.25, 0.3) is 0 Å². The zero-order chi connectivity index (χ0) is 21.1. The van der Waals surface area contributed by atoms with Crippen LogP contribution in [0.5, 0.6) is 0 Å². The predicted molar refractivity (Wildman–Crippen MR) is 121 cm³/mol. The van der Waals surface area contributed by atoms with E-state index in [0.29, 0.717) is 18.0 Å². The fourth-order valence-corrected chi connectivity index (χ4v) is 5.21. The molecule has 0 radical (unpaired) electrons. The zero-order valence-electron chi connectivity index (χ0n) is 17.9. The van der Waals surface area contributed by atoms with E-state index in [1.54, 1.807) is 4.31 Å². The minimum atomic E-state index is -3.47. The Morgan fingerprint density at radius 1 is 0.966 bits per heavy atom. The maximum Gasteiger partial charge on any atom is 0.243 e. The van der Waals surface area contributed by atoms with E-state index in [9.17, 15) is 8.42 Å². The number of sulfonamides is 1. The largest absolute Gasteiger partial charge is 0.297 e. The summed E-state index contributed by atoms with van der Waals surface area (Å²) in [7, 11) is -3.47. The number of piperazine rings is 1. The van der Waals surface area contributed by atoms with Gasteiger partial charge in [0.2, 0.25) is 10.0 Å². The van der Waals surface area contributed by atoms with Gasteiger partial charge < -0.3 is 0 Å². The smallest absolute Gasteiger partial charge is 0.243 e. The topological polar surface area (TPSA) is 40.6 Å². The third kappa shape index (κ3) is 5.35. The monoisotopic (exact) mass is 412 g/mol. The van der Waals surface area contributed by atoms with Crippen molar-refractivity contribution in [3.05, 3.63) is 71.3 Å². The van der Waals surface area contributed by atoms with E-state index in [2.05, 4.69) is 50.0 Å². The highest BCUT2D eigenvalue weighted by Gasteiger charge is 2.30. The molecule has 4 nitrogen and oxygen atoms in total. The summed E-state index contributed by atoms with van der Waals surface area (Å²) in [6.45, 7) is 11.6. The highest BCUT2D eigenvalue weighted by Crippen LogP contribution is 2.28. The summed E-state index contributed by atoms with van der Waals surface area (Å²) < 4.78 is 28.2. The van der Waals surface area contributed by atoms with Gasteiger partial charge in [0, 0.05) is 32.7 Å². The van der Waals surface area contributed by atoms with Crippen molar-refractivity contribution < 1.29 is 8.42 Å². The molecule has 0 spiro atoms. The van der Waals surface area contributed by atoms with E-state index in [1.807, 2.05) is 43.3 Å². The molecule has 2 aromatic rings. The molecule has 1 fully saturated rings. The Morgan fingerprint density at radius 2 is 1.62 bits per heavy atom. The Kier molecular flexibility index (Phi) is 6.62. The van der Waals surface area contributed by atoms with Crippen LogP contribution in [0.1, 0.15) is 37.5 Å². The molecule has 0 N–H and O–H groups in total. The molecule has 1 aliphatic heterocycles. The number of rotatable bonds is 5. The van der Waals surface area contributed by atoms with Crippen molar-refractivity contribution >= 4 is 16.1 Å². The summed E-state index contributed by atoms with van der Waals surface area (Å²) in [5, 5.41) is 0. The second-order valence-electron chi connectivity index (χ2n) is 8.75. The summed E-state index contributed by atoms with van der Waals surface area (Å²) >= 11 is 0. The Hall–Kier alpha value is -1.95. The Labute approximate surface area is 175 Å². The normalized spacial score (nSPS) is 17.1. The number of benzene rings is 2. The van der Waals surface area contributed by atoms with Crippen molar-refractivity contribution in [1.29, 1.82) is 0 Å². The summed E-state index contributed by atoms with van der Waals surface area (Å²) in [6, 6.07) is 16.0. The average molecular weight is 413 g/mol. The average Bonchev–Trinajstić information content (AvgIpc) is 2.68. The molecule has 3 rings (SSSR count). The van der Waals surface area contributed by atoms with Gasteiger partial charge >= 0.3 is 0 Å². The molecule has 1 saturated heterocycles. The molecule has 5 heteroatoms. The minimum absolute atomic E-state index is 0.0816. The standard InChI is InChI=1S/C24H32N2O2S/c1-20-12-13-22(24(2,3)4)19-23(20)29(27,28)26-17-15-25(16-18-26)14-8-11-21-9-6-5-7-10-21/h5-13,19H,14-18H2,1-4H3/b11-8+. The lowest BCUT2D eigenvalue weighted by atomic mass is 9.87. The maximum atomic E-state index is 13.3. The van der Waals surface area contributed by atoms with E-state index < -0.39 is 10.0 Å². The number of aryl methyl sites for hydroxylation is 1. The first-order valence-corrected chi connectivity index (χ1v) is 11.7. The third-order valence-electron chi connectivity index (χ3n) is 5.48. The highest BCUT2D eigenvalue weighted by atomic mass is 32.2. The summed E-state index contributed by atoms with van der Waals surface area (Å²) in [4.78, 5) is 2.74. The lowest BCUT2D eigenvalue weighted by Gasteiger charge is -2.34. The molecule has 156 valence electrons. The van der Waals surface area contributed by atoms with Crippen LogP contribution in [0.3, 0.4) is 0 Å². The van der Waals surface area contributed by atoms with E-state index >= 15 is 0 Å². The maximum absolute atomic E-state index is 13.3. The van der Waals surface area contributed by atoms with Crippen molar-refractivity contribution in [2.45, 2.75) is 38.0 Å².